The van der Waals surface area contributed by atoms with Gasteiger partial charge in [0.1, 0.15) is 0 Å². The lowest BCUT2D eigenvalue weighted by atomic mass is 10.1. The second-order valence-electron chi connectivity index (χ2n) is 5.83. The Hall–Kier alpha value is -3.13. The third-order valence-corrected chi connectivity index (χ3v) is 5.27. The summed E-state index contributed by atoms with van der Waals surface area (Å²) in [5.74, 6) is 1.46. The Morgan fingerprint density at radius 2 is 1.92 bits per heavy atom. The lowest BCUT2D eigenvalue weighted by Crippen LogP contribution is -1.95. The van der Waals surface area contributed by atoms with Crippen molar-refractivity contribution in [3.05, 3.63) is 70.4 Å². The maximum atomic E-state index is 10.7. The maximum Gasteiger partial charge on any atom is 0.269 e. The van der Waals surface area contributed by atoms with Crippen LogP contribution in [0.2, 0.25) is 0 Å². The second-order valence-corrected chi connectivity index (χ2v) is 6.77. The number of nitrogens with zero attached hydrogens (tertiary/aromatic N) is 4. The van der Waals surface area contributed by atoms with Crippen LogP contribution in [0.25, 0.3) is 22.3 Å². The molecule has 0 fully saturated rings. The van der Waals surface area contributed by atoms with Gasteiger partial charge in [-0.25, -0.2) is 0 Å². The van der Waals surface area contributed by atoms with E-state index in [1.165, 1.54) is 12.1 Å². The van der Waals surface area contributed by atoms with Gasteiger partial charge in [0, 0.05) is 47.6 Å². The fraction of sp³-hybridized carbons (Fsp3) is 0.111. The van der Waals surface area contributed by atoms with E-state index in [-0.39, 0.29) is 5.69 Å². The third-order valence-electron chi connectivity index (χ3n) is 4.18. The summed E-state index contributed by atoms with van der Waals surface area (Å²) in [4.78, 5) is 13.6. The number of thioether (sulfide) groups is 1. The summed E-state index contributed by atoms with van der Waals surface area (Å²) in [7, 11) is 1.94. The Morgan fingerprint density at radius 3 is 2.69 bits per heavy atom. The average molecular weight is 365 g/mol. The molecule has 0 aliphatic rings. The summed E-state index contributed by atoms with van der Waals surface area (Å²) in [5.41, 5.74) is 3.17. The van der Waals surface area contributed by atoms with Crippen molar-refractivity contribution in [2.75, 3.05) is 0 Å². The Balaban J connectivity index is 1.55. The normalized spacial score (nSPS) is 11.1. The monoisotopic (exact) mass is 365 g/mol. The molecule has 0 aliphatic heterocycles. The van der Waals surface area contributed by atoms with Crippen molar-refractivity contribution in [3.8, 4) is 11.4 Å². The highest BCUT2D eigenvalue weighted by molar-refractivity contribution is 7.98. The summed E-state index contributed by atoms with van der Waals surface area (Å²) in [5, 5.41) is 21.3. The molecule has 2 heterocycles. The van der Waals surface area contributed by atoms with Crippen LogP contribution < -0.4 is 0 Å². The minimum Gasteiger partial charge on any atom is -0.360 e. The number of hydrogen-bond donors (Lipinski definition) is 1. The molecule has 2 aromatic heterocycles. The van der Waals surface area contributed by atoms with Gasteiger partial charge in [-0.2, -0.15) is 0 Å². The molecule has 1 N–H and O–H groups in total. The predicted octanol–water partition coefficient (Wildman–Crippen LogP) is 4.16. The number of non-ortho nitro benzene ring substituents is 1. The van der Waals surface area contributed by atoms with E-state index in [9.17, 15) is 10.1 Å². The number of nitro benzene ring substituents is 1. The molecule has 0 atom stereocenters. The number of aromatic nitrogens is 4. The minimum atomic E-state index is -0.396. The van der Waals surface area contributed by atoms with Crippen molar-refractivity contribution >= 4 is 28.4 Å². The van der Waals surface area contributed by atoms with E-state index in [1.807, 2.05) is 36.0 Å². The largest absolute Gasteiger partial charge is 0.360 e. The Bertz CT molecular complexity index is 1080. The van der Waals surface area contributed by atoms with Crippen LogP contribution in [0, 0.1) is 10.1 Å². The highest BCUT2D eigenvalue weighted by Gasteiger charge is 2.15. The molecule has 4 rings (SSSR count). The Kier molecular flexibility index (Phi) is 4.18. The second kappa shape index (κ2) is 6.64. The van der Waals surface area contributed by atoms with Gasteiger partial charge in [-0.05, 0) is 11.6 Å². The molecule has 130 valence electrons. The lowest BCUT2D eigenvalue weighted by Gasteiger charge is -2.03. The fourth-order valence-corrected chi connectivity index (χ4v) is 3.66. The first-order chi connectivity index (χ1) is 12.6. The summed E-state index contributed by atoms with van der Waals surface area (Å²) in [6.07, 6.45) is 1.94. The number of hydrogen-bond acceptors (Lipinski definition) is 5. The van der Waals surface area contributed by atoms with E-state index in [0.29, 0.717) is 5.75 Å². The van der Waals surface area contributed by atoms with E-state index < -0.39 is 4.92 Å². The quantitative estimate of drug-likeness (QED) is 0.326. The minimum absolute atomic E-state index is 0.0963. The molecule has 4 aromatic rings. The van der Waals surface area contributed by atoms with Crippen LogP contribution in [-0.2, 0) is 12.8 Å². The van der Waals surface area contributed by atoms with Crippen LogP contribution in [-0.4, -0.2) is 24.7 Å². The van der Waals surface area contributed by atoms with Crippen LogP contribution >= 0.6 is 11.8 Å². The number of rotatable bonds is 5. The Morgan fingerprint density at radius 1 is 1.15 bits per heavy atom. The highest BCUT2D eigenvalue weighted by atomic mass is 32.2. The van der Waals surface area contributed by atoms with Gasteiger partial charge in [0.2, 0.25) is 0 Å². The van der Waals surface area contributed by atoms with E-state index >= 15 is 0 Å². The molecule has 0 aliphatic carbocycles. The molecule has 26 heavy (non-hydrogen) atoms. The fourth-order valence-electron chi connectivity index (χ4n) is 2.79. The zero-order valence-electron chi connectivity index (χ0n) is 13.9. The van der Waals surface area contributed by atoms with Crippen LogP contribution in [0.15, 0.2) is 59.9 Å². The van der Waals surface area contributed by atoms with Crippen molar-refractivity contribution in [2.45, 2.75) is 10.9 Å². The topological polar surface area (TPSA) is 89.6 Å². The smallest absolute Gasteiger partial charge is 0.269 e. The number of nitro groups is 1. The third kappa shape index (κ3) is 2.95. The van der Waals surface area contributed by atoms with Gasteiger partial charge in [-0.15, -0.1) is 10.2 Å². The molecule has 0 spiro atoms. The molecule has 0 radical (unpaired) electrons. The van der Waals surface area contributed by atoms with E-state index in [4.69, 9.17) is 0 Å². The number of H-pyrrole nitrogens is 1. The van der Waals surface area contributed by atoms with Crippen LogP contribution in [0.3, 0.4) is 0 Å². The molecule has 0 amide bonds. The molecule has 7 nitrogen and oxygen atoms in total. The molecular formula is C18H15N5O2S. The first-order valence-electron chi connectivity index (χ1n) is 7.95. The van der Waals surface area contributed by atoms with E-state index in [2.05, 4.69) is 21.2 Å². The van der Waals surface area contributed by atoms with Gasteiger partial charge in [-0.3, -0.25) is 10.1 Å². The van der Waals surface area contributed by atoms with Crippen LogP contribution in [0.4, 0.5) is 5.69 Å². The number of benzene rings is 2. The summed E-state index contributed by atoms with van der Waals surface area (Å²) < 4.78 is 1.96. The van der Waals surface area contributed by atoms with E-state index in [0.717, 1.165) is 33.0 Å². The standard InChI is InChI=1S/C18H15N5O2S/c1-22-17(15-10-19-16-5-3-2-4-14(15)16)20-21-18(22)26-11-12-6-8-13(9-7-12)23(24)25/h2-10,19H,11H2,1H3. The predicted molar refractivity (Wildman–Crippen MR) is 101 cm³/mol. The van der Waals surface area contributed by atoms with Crippen molar-refractivity contribution in [1.82, 2.24) is 19.7 Å². The lowest BCUT2D eigenvalue weighted by molar-refractivity contribution is -0.384. The highest BCUT2D eigenvalue weighted by Crippen LogP contribution is 2.30. The van der Waals surface area contributed by atoms with Gasteiger partial charge in [0.15, 0.2) is 11.0 Å². The number of para-hydroxylation sites is 1. The Labute approximate surface area is 153 Å². The van der Waals surface area contributed by atoms with Gasteiger partial charge in [0.05, 0.1) is 4.92 Å². The molecule has 0 saturated heterocycles. The van der Waals surface area contributed by atoms with Gasteiger partial charge in [-0.1, -0.05) is 42.1 Å². The first kappa shape index (κ1) is 16.3. The van der Waals surface area contributed by atoms with Crippen molar-refractivity contribution in [1.29, 1.82) is 0 Å². The summed E-state index contributed by atoms with van der Waals surface area (Å²) in [6.45, 7) is 0. The molecule has 0 saturated carbocycles. The molecular weight excluding hydrogens is 350 g/mol. The number of fused-ring (bicyclic) bond motifs is 1. The van der Waals surface area contributed by atoms with Gasteiger partial charge >= 0.3 is 0 Å². The summed E-state index contributed by atoms with van der Waals surface area (Å²) >= 11 is 1.55. The molecule has 8 heteroatoms. The molecule has 0 unspecified atom stereocenters. The van der Waals surface area contributed by atoms with Gasteiger partial charge in [0.25, 0.3) is 5.69 Å². The molecule has 2 aromatic carbocycles. The van der Waals surface area contributed by atoms with Crippen molar-refractivity contribution < 1.29 is 4.92 Å². The first-order valence-corrected chi connectivity index (χ1v) is 8.94. The summed E-state index contributed by atoms with van der Waals surface area (Å²) in [6, 6.07) is 14.6. The maximum absolute atomic E-state index is 10.7. The van der Waals surface area contributed by atoms with E-state index in [1.54, 1.807) is 23.9 Å². The zero-order chi connectivity index (χ0) is 18.1. The van der Waals surface area contributed by atoms with Crippen LogP contribution in [0.5, 0.6) is 0 Å². The van der Waals surface area contributed by atoms with Gasteiger partial charge < -0.3 is 9.55 Å². The zero-order valence-corrected chi connectivity index (χ0v) is 14.7. The molecule has 0 bridgehead atoms. The number of nitrogens with one attached hydrogen (secondary N) is 1. The van der Waals surface area contributed by atoms with Crippen molar-refractivity contribution in [2.24, 2.45) is 7.05 Å². The SMILES string of the molecule is Cn1c(SCc2ccc([N+](=O)[O-])cc2)nnc1-c1c[nH]c2ccccc12. The average Bonchev–Trinajstić information content (AvgIpc) is 3.23. The van der Waals surface area contributed by atoms with Crippen LogP contribution in [0.1, 0.15) is 5.56 Å². The van der Waals surface area contributed by atoms with Crippen molar-refractivity contribution in [3.63, 3.8) is 0 Å². The number of aromatic amines is 1.